The summed E-state index contributed by atoms with van der Waals surface area (Å²) in [5, 5.41) is 12.4. The molecule has 23 heavy (non-hydrogen) atoms. The van der Waals surface area contributed by atoms with Gasteiger partial charge in [-0.3, -0.25) is 4.68 Å². The SMILES string of the molecule is Cn1cc(-c2cn3nccc3c(C3CC4CCC(C3)N4)n2)cn1. The zero-order chi connectivity index (χ0) is 15.4. The lowest BCUT2D eigenvalue weighted by Crippen LogP contribution is -2.37. The summed E-state index contributed by atoms with van der Waals surface area (Å²) in [6.07, 6.45) is 12.7. The van der Waals surface area contributed by atoms with Crippen LogP contribution in [-0.4, -0.2) is 36.5 Å². The fourth-order valence-corrected chi connectivity index (χ4v) is 4.23. The highest BCUT2D eigenvalue weighted by Gasteiger charge is 2.35. The molecule has 0 radical (unpaired) electrons. The largest absolute Gasteiger partial charge is 0.311 e. The van der Waals surface area contributed by atoms with Gasteiger partial charge in [-0.2, -0.15) is 10.2 Å². The van der Waals surface area contributed by atoms with Crippen molar-refractivity contribution in [1.29, 1.82) is 0 Å². The summed E-state index contributed by atoms with van der Waals surface area (Å²) in [5.74, 6) is 0.518. The van der Waals surface area contributed by atoms with Crippen LogP contribution in [0.1, 0.15) is 37.3 Å². The maximum Gasteiger partial charge on any atom is 0.0921 e. The lowest BCUT2D eigenvalue weighted by Gasteiger charge is -2.29. The van der Waals surface area contributed by atoms with Crippen molar-refractivity contribution >= 4 is 5.52 Å². The van der Waals surface area contributed by atoms with E-state index in [9.17, 15) is 0 Å². The van der Waals surface area contributed by atoms with Crippen molar-refractivity contribution in [2.75, 3.05) is 0 Å². The molecule has 3 aromatic heterocycles. The molecule has 2 aliphatic rings. The van der Waals surface area contributed by atoms with Crippen molar-refractivity contribution < 1.29 is 0 Å². The van der Waals surface area contributed by atoms with Crippen LogP contribution >= 0.6 is 0 Å². The van der Waals surface area contributed by atoms with E-state index in [0.717, 1.165) is 16.8 Å². The molecule has 0 saturated carbocycles. The molecular formula is C17H20N6. The average molecular weight is 308 g/mol. The number of nitrogens with one attached hydrogen (secondary N) is 1. The summed E-state index contributed by atoms with van der Waals surface area (Å²) in [5.41, 5.74) is 4.34. The molecule has 6 nitrogen and oxygen atoms in total. The van der Waals surface area contributed by atoms with Crippen LogP contribution in [0.4, 0.5) is 0 Å². The Labute approximate surface area is 134 Å². The highest BCUT2D eigenvalue weighted by Crippen LogP contribution is 2.38. The molecule has 0 amide bonds. The second-order valence-electron chi connectivity index (χ2n) is 6.88. The molecule has 2 bridgehead atoms. The summed E-state index contributed by atoms with van der Waals surface area (Å²) in [4.78, 5) is 5.04. The van der Waals surface area contributed by atoms with E-state index in [2.05, 4.69) is 21.6 Å². The van der Waals surface area contributed by atoms with Gasteiger partial charge in [-0.05, 0) is 31.7 Å². The molecule has 0 spiro atoms. The van der Waals surface area contributed by atoms with Crippen LogP contribution in [0.5, 0.6) is 0 Å². The Bertz CT molecular complexity index is 851. The molecule has 0 aliphatic carbocycles. The maximum absolute atomic E-state index is 5.04. The number of aryl methyl sites for hydroxylation is 1. The molecule has 2 aliphatic heterocycles. The monoisotopic (exact) mass is 308 g/mol. The standard InChI is InChI=1S/C17H20N6/c1-22-9-12(8-19-22)15-10-23-16(4-5-18-23)17(21-15)11-6-13-2-3-14(7-11)20-13/h4-5,8-11,13-14,20H,2-3,6-7H2,1H3. The molecule has 0 aromatic carbocycles. The van der Waals surface area contributed by atoms with Crippen LogP contribution < -0.4 is 5.32 Å². The van der Waals surface area contributed by atoms with Gasteiger partial charge >= 0.3 is 0 Å². The van der Waals surface area contributed by atoms with Crippen LogP contribution in [0.2, 0.25) is 0 Å². The van der Waals surface area contributed by atoms with E-state index in [1.54, 1.807) is 0 Å². The van der Waals surface area contributed by atoms with Crippen LogP contribution in [0.15, 0.2) is 30.9 Å². The third kappa shape index (κ3) is 2.16. The maximum atomic E-state index is 5.04. The summed E-state index contributed by atoms with van der Waals surface area (Å²) >= 11 is 0. The van der Waals surface area contributed by atoms with E-state index in [1.165, 1.54) is 31.4 Å². The van der Waals surface area contributed by atoms with Gasteiger partial charge in [0.1, 0.15) is 0 Å². The summed E-state index contributed by atoms with van der Waals surface area (Å²) < 4.78 is 3.78. The first-order valence-electron chi connectivity index (χ1n) is 8.35. The minimum Gasteiger partial charge on any atom is -0.311 e. The van der Waals surface area contributed by atoms with Gasteiger partial charge in [0.25, 0.3) is 0 Å². The zero-order valence-electron chi connectivity index (χ0n) is 13.2. The van der Waals surface area contributed by atoms with E-state index < -0.39 is 0 Å². The molecule has 1 N–H and O–H groups in total. The molecule has 3 aromatic rings. The highest BCUT2D eigenvalue weighted by molar-refractivity contribution is 5.62. The topological polar surface area (TPSA) is 60.0 Å². The first-order valence-corrected chi connectivity index (χ1v) is 8.35. The quantitative estimate of drug-likeness (QED) is 0.788. The van der Waals surface area contributed by atoms with Crippen molar-refractivity contribution in [1.82, 2.24) is 29.7 Å². The minimum absolute atomic E-state index is 0.518. The lowest BCUT2D eigenvalue weighted by atomic mass is 9.89. The number of rotatable bonds is 2. The summed E-state index contributed by atoms with van der Waals surface area (Å²) in [7, 11) is 1.93. The van der Waals surface area contributed by atoms with Gasteiger partial charge in [-0.25, -0.2) is 9.50 Å². The van der Waals surface area contributed by atoms with Gasteiger partial charge < -0.3 is 5.32 Å². The Morgan fingerprint density at radius 2 is 1.96 bits per heavy atom. The number of aromatic nitrogens is 5. The molecular weight excluding hydrogens is 288 g/mol. The normalized spacial score (nSPS) is 26.9. The van der Waals surface area contributed by atoms with Gasteiger partial charge in [0.05, 0.1) is 35.5 Å². The second kappa shape index (κ2) is 4.89. The van der Waals surface area contributed by atoms with E-state index in [1.807, 2.05) is 41.0 Å². The first-order chi connectivity index (χ1) is 11.3. The van der Waals surface area contributed by atoms with Crippen molar-refractivity contribution in [3.8, 4) is 11.3 Å². The van der Waals surface area contributed by atoms with Crippen molar-refractivity contribution in [3.05, 3.63) is 36.5 Å². The number of hydrogen-bond donors (Lipinski definition) is 1. The van der Waals surface area contributed by atoms with Crippen LogP contribution in [0, 0.1) is 0 Å². The molecule has 2 fully saturated rings. The third-order valence-electron chi connectivity index (χ3n) is 5.28. The number of fused-ring (bicyclic) bond motifs is 3. The molecule has 5 heterocycles. The van der Waals surface area contributed by atoms with Gasteiger partial charge in [0, 0.05) is 36.8 Å². The first kappa shape index (κ1) is 13.2. The average Bonchev–Trinajstić information content (AvgIpc) is 3.26. The summed E-state index contributed by atoms with van der Waals surface area (Å²) in [6.45, 7) is 0. The Morgan fingerprint density at radius 1 is 1.13 bits per heavy atom. The smallest absolute Gasteiger partial charge is 0.0921 e. The number of hydrogen-bond acceptors (Lipinski definition) is 4. The van der Waals surface area contributed by atoms with Crippen LogP contribution in [0.25, 0.3) is 16.8 Å². The molecule has 2 saturated heterocycles. The Balaban J connectivity index is 1.63. The van der Waals surface area contributed by atoms with Crippen molar-refractivity contribution in [2.45, 2.75) is 43.7 Å². The zero-order valence-corrected chi connectivity index (χ0v) is 13.2. The Kier molecular flexibility index (Phi) is 2.82. The Hall–Kier alpha value is -2.21. The molecule has 2 atom stereocenters. The predicted octanol–water partition coefficient (Wildman–Crippen LogP) is 2.13. The van der Waals surface area contributed by atoms with Gasteiger partial charge in [0.2, 0.25) is 0 Å². The number of piperidine rings is 1. The molecule has 2 unspecified atom stereocenters. The number of nitrogens with zero attached hydrogens (tertiary/aromatic N) is 5. The molecule has 118 valence electrons. The highest BCUT2D eigenvalue weighted by atomic mass is 15.2. The van der Waals surface area contributed by atoms with E-state index in [4.69, 9.17) is 4.98 Å². The lowest BCUT2D eigenvalue weighted by molar-refractivity contribution is 0.360. The van der Waals surface area contributed by atoms with Crippen molar-refractivity contribution in [3.63, 3.8) is 0 Å². The van der Waals surface area contributed by atoms with Gasteiger partial charge in [-0.1, -0.05) is 0 Å². The predicted molar refractivity (Wildman–Crippen MR) is 87.1 cm³/mol. The second-order valence-corrected chi connectivity index (χ2v) is 6.88. The summed E-state index contributed by atoms with van der Waals surface area (Å²) in [6, 6.07) is 3.40. The van der Waals surface area contributed by atoms with Gasteiger partial charge in [-0.15, -0.1) is 0 Å². The third-order valence-corrected chi connectivity index (χ3v) is 5.28. The van der Waals surface area contributed by atoms with Crippen LogP contribution in [-0.2, 0) is 7.05 Å². The van der Waals surface area contributed by atoms with Gasteiger partial charge in [0.15, 0.2) is 0 Å². The van der Waals surface area contributed by atoms with E-state index in [0.29, 0.717) is 18.0 Å². The van der Waals surface area contributed by atoms with Crippen LogP contribution in [0.3, 0.4) is 0 Å². The van der Waals surface area contributed by atoms with E-state index in [-0.39, 0.29) is 0 Å². The minimum atomic E-state index is 0.518. The fraction of sp³-hybridized carbons (Fsp3) is 0.471. The van der Waals surface area contributed by atoms with Crippen molar-refractivity contribution in [2.24, 2.45) is 7.05 Å². The molecule has 5 rings (SSSR count). The Morgan fingerprint density at radius 3 is 2.70 bits per heavy atom. The van der Waals surface area contributed by atoms with E-state index >= 15 is 0 Å². The molecule has 6 heteroatoms. The fourth-order valence-electron chi connectivity index (χ4n) is 4.23.